The van der Waals surface area contributed by atoms with Gasteiger partial charge in [0.1, 0.15) is 0 Å². The highest BCUT2D eigenvalue weighted by Crippen LogP contribution is 2.11. The zero-order valence-electron chi connectivity index (χ0n) is 6.81. The number of nitriles is 1. The minimum atomic E-state index is -1.18. The molecule has 0 aromatic carbocycles. The number of hydrogen-bond acceptors (Lipinski definition) is 4. The number of nitrogens with zero attached hydrogens (tertiary/aromatic N) is 2. The molecule has 66 valence electrons. The third kappa shape index (κ3) is 1.93. The number of methoxy groups -OCH3 is 1. The number of carboxylic acid groups (broad SMARTS) is 1. The van der Waals surface area contributed by atoms with Crippen molar-refractivity contribution in [3.63, 3.8) is 0 Å². The maximum atomic E-state index is 10.5. The minimum absolute atomic E-state index is 0.122. The van der Waals surface area contributed by atoms with Crippen LogP contribution in [0, 0.1) is 11.3 Å². The Morgan fingerprint density at radius 2 is 2.38 bits per heavy atom. The van der Waals surface area contributed by atoms with Crippen molar-refractivity contribution in [1.29, 1.82) is 5.26 Å². The van der Waals surface area contributed by atoms with E-state index in [-0.39, 0.29) is 17.1 Å². The van der Waals surface area contributed by atoms with Crippen LogP contribution in [-0.2, 0) is 0 Å². The van der Waals surface area contributed by atoms with E-state index in [0.29, 0.717) is 0 Å². The lowest BCUT2D eigenvalue weighted by Crippen LogP contribution is -2.02. The van der Waals surface area contributed by atoms with E-state index in [9.17, 15) is 4.79 Å². The maximum absolute atomic E-state index is 10.5. The summed E-state index contributed by atoms with van der Waals surface area (Å²) in [6.45, 7) is 0. The van der Waals surface area contributed by atoms with Gasteiger partial charge in [-0.1, -0.05) is 0 Å². The van der Waals surface area contributed by atoms with Crippen molar-refractivity contribution in [2.45, 2.75) is 0 Å². The van der Waals surface area contributed by atoms with E-state index in [0.717, 1.165) is 0 Å². The Kier molecular flexibility index (Phi) is 2.45. The van der Waals surface area contributed by atoms with E-state index in [2.05, 4.69) is 4.98 Å². The molecule has 0 atom stereocenters. The number of aromatic nitrogens is 1. The van der Waals surface area contributed by atoms with Crippen LogP contribution < -0.4 is 4.74 Å². The Balaban J connectivity index is 3.24. The molecule has 1 rings (SSSR count). The summed E-state index contributed by atoms with van der Waals surface area (Å²) in [6, 6.07) is 4.37. The van der Waals surface area contributed by atoms with Crippen molar-refractivity contribution in [1.82, 2.24) is 4.98 Å². The normalized spacial score (nSPS) is 8.92. The summed E-state index contributed by atoms with van der Waals surface area (Å²) in [5, 5.41) is 17.1. The molecule has 0 aliphatic rings. The van der Waals surface area contributed by atoms with Crippen molar-refractivity contribution in [3.05, 3.63) is 23.4 Å². The Labute approximate surface area is 74.2 Å². The largest absolute Gasteiger partial charge is 0.481 e. The van der Waals surface area contributed by atoms with E-state index in [4.69, 9.17) is 15.1 Å². The van der Waals surface area contributed by atoms with Crippen LogP contribution in [0.25, 0.3) is 0 Å². The predicted molar refractivity (Wildman–Crippen MR) is 42.5 cm³/mol. The van der Waals surface area contributed by atoms with Crippen LogP contribution >= 0.6 is 0 Å². The SMILES string of the molecule is COc1cc(C#N)cc(C(=O)O)n1. The van der Waals surface area contributed by atoms with E-state index in [1.165, 1.54) is 19.2 Å². The molecule has 0 unspecified atom stereocenters. The number of pyridine rings is 1. The maximum Gasteiger partial charge on any atom is 0.354 e. The highest BCUT2D eigenvalue weighted by Gasteiger charge is 2.08. The van der Waals surface area contributed by atoms with Gasteiger partial charge in [-0.05, 0) is 6.07 Å². The van der Waals surface area contributed by atoms with Gasteiger partial charge >= 0.3 is 5.97 Å². The number of carbonyl (C=O) groups is 1. The number of hydrogen-bond donors (Lipinski definition) is 1. The first-order valence-electron chi connectivity index (χ1n) is 3.37. The smallest absolute Gasteiger partial charge is 0.354 e. The number of ether oxygens (including phenoxy) is 1. The quantitative estimate of drug-likeness (QED) is 0.719. The molecule has 0 bridgehead atoms. The molecule has 0 amide bonds. The van der Waals surface area contributed by atoms with Crippen LogP contribution in [0.1, 0.15) is 16.1 Å². The molecule has 0 aliphatic heterocycles. The summed E-state index contributed by atoms with van der Waals surface area (Å²) >= 11 is 0. The second kappa shape index (κ2) is 3.54. The molecule has 0 radical (unpaired) electrons. The van der Waals surface area contributed by atoms with Gasteiger partial charge in [0, 0.05) is 6.07 Å². The van der Waals surface area contributed by atoms with Gasteiger partial charge < -0.3 is 9.84 Å². The predicted octanol–water partition coefficient (Wildman–Crippen LogP) is 0.660. The van der Waals surface area contributed by atoms with Crippen LogP contribution in [0.2, 0.25) is 0 Å². The van der Waals surface area contributed by atoms with Gasteiger partial charge in [0.2, 0.25) is 5.88 Å². The fraction of sp³-hybridized carbons (Fsp3) is 0.125. The summed E-state index contributed by atoms with van der Waals surface area (Å²) in [4.78, 5) is 14.1. The Morgan fingerprint density at radius 1 is 1.69 bits per heavy atom. The molecule has 1 N–H and O–H groups in total. The Hall–Kier alpha value is -2.09. The van der Waals surface area contributed by atoms with Gasteiger partial charge in [0.15, 0.2) is 5.69 Å². The number of aromatic carboxylic acids is 1. The summed E-state index contributed by atoms with van der Waals surface area (Å²) in [5.41, 5.74) is 0.0140. The lowest BCUT2D eigenvalue weighted by Gasteiger charge is -2.00. The van der Waals surface area contributed by atoms with Crippen molar-refractivity contribution < 1.29 is 14.6 Å². The van der Waals surface area contributed by atoms with Crippen molar-refractivity contribution in [3.8, 4) is 11.9 Å². The van der Waals surface area contributed by atoms with Crippen molar-refractivity contribution >= 4 is 5.97 Å². The van der Waals surface area contributed by atoms with Crippen LogP contribution in [0.4, 0.5) is 0 Å². The summed E-state index contributed by atoms with van der Waals surface area (Å²) in [7, 11) is 1.36. The third-order valence-electron chi connectivity index (χ3n) is 1.36. The molecule has 1 aromatic heterocycles. The fourth-order valence-corrected chi connectivity index (χ4v) is 0.784. The highest BCUT2D eigenvalue weighted by atomic mass is 16.5. The summed E-state index contributed by atoms with van der Waals surface area (Å²) < 4.78 is 4.72. The molecule has 13 heavy (non-hydrogen) atoms. The molecule has 1 aromatic rings. The number of rotatable bonds is 2. The second-order valence-corrected chi connectivity index (χ2v) is 2.20. The molecule has 0 aliphatic carbocycles. The van der Waals surface area contributed by atoms with Crippen molar-refractivity contribution in [2.24, 2.45) is 0 Å². The molecule has 0 spiro atoms. The summed E-state index contributed by atoms with van der Waals surface area (Å²) in [6.07, 6.45) is 0. The lowest BCUT2D eigenvalue weighted by atomic mass is 10.2. The monoisotopic (exact) mass is 178 g/mol. The van der Waals surface area contributed by atoms with Gasteiger partial charge in [-0.15, -0.1) is 0 Å². The molecule has 5 nitrogen and oxygen atoms in total. The topological polar surface area (TPSA) is 83.2 Å². The zero-order valence-corrected chi connectivity index (χ0v) is 6.81. The minimum Gasteiger partial charge on any atom is -0.481 e. The summed E-state index contributed by atoms with van der Waals surface area (Å²) in [5.74, 6) is -1.06. The third-order valence-corrected chi connectivity index (χ3v) is 1.36. The first kappa shape index (κ1) is 9.00. The van der Waals surface area contributed by atoms with Gasteiger partial charge in [-0.2, -0.15) is 5.26 Å². The van der Waals surface area contributed by atoms with Gasteiger partial charge in [0.25, 0.3) is 0 Å². The molecular weight excluding hydrogens is 172 g/mol. The van der Waals surface area contributed by atoms with E-state index >= 15 is 0 Å². The van der Waals surface area contributed by atoms with Gasteiger partial charge in [0.05, 0.1) is 18.7 Å². The van der Waals surface area contributed by atoms with Crippen LogP contribution in [0.3, 0.4) is 0 Å². The van der Waals surface area contributed by atoms with Crippen LogP contribution in [0.5, 0.6) is 5.88 Å². The first-order valence-corrected chi connectivity index (χ1v) is 3.37. The molecule has 0 fully saturated rings. The number of carboxylic acids is 1. The average molecular weight is 178 g/mol. The van der Waals surface area contributed by atoms with E-state index in [1.54, 1.807) is 0 Å². The van der Waals surface area contributed by atoms with Gasteiger partial charge in [-0.25, -0.2) is 9.78 Å². The second-order valence-electron chi connectivity index (χ2n) is 2.20. The van der Waals surface area contributed by atoms with E-state index in [1.807, 2.05) is 6.07 Å². The Morgan fingerprint density at radius 3 is 2.85 bits per heavy atom. The zero-order chi connectivity index (χ0) is 9.84. The molecule has 0 saturated carbocycles. The fourth-order valence-electron chi connectivity index (χ4n) is 0.784. The highest BCUT2D eigenvalue weighted by molar-refractivity contribution is 5.85. The molecule has 5 heteroatoms. The van der Waals surface area contributed by atoms with E-state index < -0.39 is 5.97 Å². The van der Waals surface area contributed by atoms with Crippen LogP contribution in [-0.4, -0.2) is 23.2 Å². The molecule has 0 saturated heterocycles. The lowest BCUT2D eigenvalue weighted by molar-refractivity contribution is 0.0689. The molecular formula is C8H6N2O3. The molecule has 1 heterocycles. The average Bonchev–Trinajstić information content (AvgIpc) is 2.16. The van der Waals surface area contributed by atoms with Crippen molar-refractivity contribution in [2.75, 3.05) is 7.11 Å². The first-order chi connectivity index (χ1) is 6.17. The van der Waals surface area contributed by atoms with Crippen LogP contribution in [0.15, 0.2) is 12.1 Å². The Bertz CT molecular complexity index is 381. The van der Waals surface area contributed by atoms with Gasteiger partial charge in [-0.3, -0.25) is 0 Å². The standard InChI is InChI=1S/C8H6N2O3/c1-13-7-3-5(4-9)2-6(10-7)8(11)12/h2-3H,1H3,(H,11,12).